The fourth-order valence-corrected chi connectivity index (χ4v) is 2.23. The Kier molecular flexibility index (Phi) is 4.02. The smallest absolute Gasteiger partial charge is 0.142 e. The van der Waals surface area contributed by atoms with Gasteiger partial charge in [0.25, 0.3) is 0 Å². The van der Waals surface area contributed by atoms with E-state index in [4.69, 9.17) is 11.6 Å². The van der Waals surface area contributed by atoms with Crippen LogP contribution in [0.4, 0.5) is 4.39 Å². The van der Waals surface area contributed by atoms with Crippen LogP contribution in [0.5, 0.6) is 0 Å². The highest BCUT2D eigenvalue weighted by molar-refractivity contribution is 6.30. The van der Waals surface area contributed by atoms with Gasteiger partial charge in [-0.3, -0.25) is 0 Å². The molecule has 0 bridgehead atoms. The average Bonchev–Trinajstić information content (AvgIpc) is 2.26. The monoisotopic (exact) mass is 257 g/mol. The highest BCUT2D eigenvalue weighted by Crippen LogP contribution is 2.27. The predicted octanol–water partition coefficient (Wildman–Crippen LogP) is 2.90. The molecule has 1 aromatic rings. The van der Waals surface area contributed by atoms with E-state index in [0.29, 0.717) is 5.92 Å². The van der Waals surface area contributed by atoms with Crippen molar-refractivity contribution in [1.29, 1.82) is 0 Å². The van der Waals surface area contributed by atoms with E-state index in [-0.39, 0.29) is 23.0 Å². The summed E-state index contributed by atoms with van der Waals surface area (Å²) in [5.74, 6) is 0.168. The second kappa shape index (κ2) is 5.34. The van der Waals surface area contributed by atoms with E-state index in [0.717, 1.165) is 24.9 Å². The van der Waals surface area contributed by atoms with Gasteiger partial charge in [0.05, 0.1) is 11.1 Å². The molecule has 0 spiro atoms. The molecule has 2 nitrogen and oxygen atoms in total. The van der Waals surface area contributed by atoms with Crippen molar-refractivity contribution in [2.75, 3.05) is 6.54 Å². The third kappa shape index (κ3) is 3.18. The number of rotatable bonds is 4. The van der Waals surface area contributed by atoms with Gasteiger partial charge in [0, 0.05) is 6.04 Å². The molecule has 94 valence electrons. The third-order valence-corrected chi connectivity index (χ3v) is 3.67. The van der Waals surface area contributed by atoms with Crippen LogP contribution < -0.4 is 5.32 Å². The number of benzene rings is 1. The zero-order chi connectivity index (χ0) is 12.4. The third-order valence-electron chi connectivity index (χ3n) is 3.37. The van der Waals surface area contributed by atoms with Gasteiger partial charge >= 0.3 is 0 Å². The molecule has 4 heteroatoms. The highest BCUT2D eigenvalue weighted by atomic mass is 35.5. The number of hydrogen-bond donors (Lipinski definition) is 2. The first-order valence-electron chi connectivity index (χ1n) is 5.92. The van der Waals surface area contributed by atoms with Crippen LogP contribution in [0.2, 0.25) is 5.02 Å². The van der Waals surface area contributed by atoms with Crippen LogP contribution in [0.15, 0.2) is 18.2 Å². The van der Waals surface area contributed by atoms with Crippen molar-refractivity contribution in [3.05, 3.63) is 34.6 Å². The Bertz CT molecular complexity index is 393. The summed E-state index contributed by atoms with van der Waals surface area (Å²) < 4.78 is 13.3. The average molecular weight is 258 g/mol. The molecule has 2 rings (SSSR count). The molecule has 0 aliphatic heterocycles. The van der Waals surface area contributed by atoms with Gasteiger partial charge in [-0.2, -0.15) is 0 Å². The highest BCUT2D eigenvalue weighted by Gasteiger charge is 2.27. The van der Waals surface area contributed by atoms with Crippen LogP contribution in [0.3, 0.4) is 0 Å². The summed E-state index contributed by atoms with van der Waals surface area (Å²) in [6.07, 6.45) is 1.62. The van der Waals surface area contributed by atoms with Crippen LogP contribution in [0.1, 0.15) is 31.4 Å². The first kappa shape index (κ1) is 12.8. The second-order valence-electron chi connectivity index (χ2n) is 4.79. The van der Waals surface area contributed by atoms with Gasteiger partial charge in [0.1, 0.15) is 5.82 Å². The number of hydrogen-bond acceptors (Lipinski definition) is 2. The molecule has 0 saturated heterocycles. The lowest BCUT2D eigenvalue weighted by molar-refractivity contribution is 0.0420. The van der Waals surface area contributed by atoms with Gasteiger partial charge < -0.3 is 10.4 Å². The summed E-state index contributed by atoms with van der Waals surface area (Å²) >= 11 is 5.64. The second-order valence-corrected chi connectivity index (χ2v) is 5.20. The maximum absolute atomic E-state index is 13.3. The van der Waals surface area contributed by atoms with Crippen LogP contribution in [0.25, 0.3) is 0 Å². The van der Waals surface area contributed by atoms with Gasteiger partial charge in [-0.25, -0.2) is 4.39 Å². The van der Waals surface area contributed by atoms with E-state index < -0.39 is 0 Å². The molecule has 1 unspecified atom stereocenters. The van der Waals surface area contributed by atoms with Crippen molar-refractivity contribution in [1.82, 2.24) is 5.32 Å². The summed E-state index contributed by atoms with van der Waals surface area (Å²) in [5, 5.41) is 12.7. The van der Waals surface area contributed by atoms with Crippen molar-refractivity contribution >= 4 is 11.6 Å². The van der Waals surface area contributed by atoms with E-state index in [9.17, 15) is 9.50 Å². The van der Waals surface area contributed by atoms with Crippen molar-refractivity contribution in [2.45, 2.75) is 31.9 Å². The van der Waals surface area contributed by atoms with Gasteiger partial charge in [0.2, 0.25) is 0 Å². The molecule has 0 amide bonds. The molecule has 1 aliphatic carbocycles. The van der Waals surface area contributed by atoms with Crippen molar-refractivity contribution < 1.29 is 9.50 Å². The van der Waals surface area contributed by atoms with E-state index in [1.54, 1.807) is 6.07 Å². The molecule has 0 aromatic heterocycles. The summed E-state index contributed by atoms with van der Waals surface area (Å²) in [7, 11) is 0. The molecule has 0 heterocycles. The lowest BCUT2D eigenvalue weighted by Gasteiger charge is -2.32. The van der Waals surface area contributed by atoms with Gasteiger partial charge in [-0.15, -0.1) is 0 Å². The topological polar surface area (TPSA) is 32.3 Å². The van der Waals surface area contributed by atoms with Crippen LogP contribution in [0, 0.1) is 11.7 Å². The fraction of sp³-hybridized carbons (Fsp3) is 0.538. The van der Waals surface area contributed by atoms with Crippen molar-refractivity contribution in [3.63, 3.8) is 0 Å². The Morgan fingerprint density at radius 2 is 2.24 bits per heavy atom. The van der Waals surface area contributed by atoms with Gasteiger partial charge in [-0.1, -0.05) is 17.7 Å². The molecular formula is C13H17ClFNO. The van der Waals surface area contributed by atoms with Crippen LogP contribution >= 0.6 is 11.6 Å². The lowest BCUT2D eigenvalue weighted by Crippen LogP contribution is -2.36. The maximum atomic E-state index is 13.3. The largest absolute Gasteiger partial charge is 0.393 e. The molecule has 1 fully saturated rings. The molecule has 0 radical (unpaired) electrons. The lowest BCUT2D eigenvalue weighted by atomic mass is 9.82. The van der Waals surface area contributed by atoms with E-state index in [1.807, 2.05) is 13.0 Å². The predicted molar refractivity (Wildman–Crippen MR) is 66.6 cm³/mol. The summed E-state index contributed by atoms with van der Waals surface area (Å²) in [6.45, 7) is 2.86. The van der Waals surface area contributed by atoms with E-state index >= 15 is 0 Å². The molecule has 17 heavy (non-hydrogen) atoms. The molecule has 2 N–H and O–H groups in total. The van der Waals surface area contributed by atoms with Crippen LogP contribution in [-0.2, 0) is 0 Å². The quantitative estimate of drug-likeness (QED) is 0.869. The molecule has 1 aromatic carbocycles. The van der Waals surface area contributed by atoms with E-state index in [1.165, 1.54) is 6.07 Å². The molecule has 1 aliphatic rings. The minimum absolute atomic E-state index is 0.0968. The number of halogens is 2. The summed E-state index contributed by atoms with van der Waals surface area (Å²) in [4.78, 5) is 0. The van der Waals surface area contributed by atoms with Gasteiger partial charge in [0.15, 0.2) is 0 Å². The van der Waals surface area contributed by atoms with Gasteiger partial charge in [-0.05, 0) is 49.9 Å². The first-order chi connectivity index (χ1) is 8.06. The molecule has 1 saturated carbocycles. The van der Waals surface area contributed by atoms with Crippen LogP contribution in [-0.4, -0.2) is 17.8 Å². The number of nitrogens with one attached hydrogen (secondary N) is 1. The minimum Gasteiger partial charge on any atom is -0.393 e. The Morgan fingerprint density at radius 1 is 1.53 bits per heavy atom. The minimum atomic E-state index is -0.378. The van der Waals surface area contributed by atoms with Crippen molar-refractivity contribution in [2.24, 2.45) is 5.92 Å². The normalized spacial score (nSPS) is 25.4. The number of aliphatic hydroxyl groups is 1. The zero-order valence-electron chi connectivity index (χ0n) is 9.79. The number of aliphatic hydroxyl groups excluding tert-OH is 1. The Morgan fingerprint density at radius 3 is 2.82 bits per heavy atom. The Labute approximate surface area is 106 Å². The molecular weight excluding hydrogens is 241 g/mol. The van der Waals surface area contributed by atoms with Crippen molar-refractivity contribution in [3.8, 4) is 0 Å². The first-order valence-corrected chi connectivity index (χ1v) is 6.30. The summed E-state index contributed by atoms with van der Waals surface area (Å²) in [6, 6.07) is 4.98. The zero-order valence-corrected chi connectivity index (χ0v) is 10.5. The Hall–Kier alpha value is -0.640. The van der Waals surface area contributed by atoms with E-state index in [2.05, 4.69) is 5.32 Å². The maximum Gasteiger partial charge on any atom is 0.142 e. The fourth-order valence-electron chi connectivity index (χ4n) is 2.11. The Balaban J connectivity index is 1.86. The SMILES string of the molecule is CC(NCC1CC(O)C1)c1ccc(Cl)c(F)c1. The molecule has 1 atom stereocenters. The standard InChI is InChI=1S/C13H17ClFNO/c1-8(16-7-9-4-11(17)5-9)10-2-3-12(14)13(15)6-10/h2-3,6,8-9,11,16-17H,4-5,7H2,1H3. The summed E-state index contributed by atoms with van der Waals surface area (Å²) in [5.41, 5.74) is 0.895.